The molecule has 0 saturated heterocycles. The molecule has 0 bridgehead atoms. The molecule has 0 aliphatic heterocycles. The zero-order chi connectivity index (χ0) is 7.28. The van der Waals surface area contributed by atoms with E-state index in [1.165, 1.54) is 0 Å². The molecule has 0 saturated carbocycles. The standard InChI is InChI=1S/C8H13N/c1-5-8(6-9-4)7(2)3/h5-7H,1,4H2,2-3H3/b8-6+. The molecule has 0 radical (unpaired) electrons. The van der Waals surface area contributed by atoms with Crippen molar-refractivity contribution in [1.82, 2.24) is 0 Å². The van der Waals surface area contributed by atoms with E-state index in [1.807, 2.05) is 0 Å². The minimum atomic E-state index is 0.494. The minimum absolute atomic E-state index is 0.494. The number of rotatable bonds is 3. The molecule has 0 amide bonds. The predicted molar refractivity (Wildman–Crippen MR) is 42.7 cm³/mol. The van der Waals surface area contributed by atoms with Crippen molar-refractivity contribution in [3.05, 3.63) is 24.4 Å². The highest BCUT2D eigenvalue weighted by molar-refractivity contribution is 5.28. The van der Waals surface area contributed by atoms with Crippen LogP contribution in [-0.4, -0.2) is 6.72 Å². The lowest BCUT2D eigenvalue weighted by Crippen LogP contribution is -1.88. The number of aliphatic imine (C=N–C) groups is 1. The van der Waals surface area contributed by atoms with Gasteiger partial charge in [-0.3, -0.25) is 4.99 Å². The molecule has 1 nitrogen and oxygen atoms in total. The van der Waals surface area contributed by atoms with Gasteiger partial charge >= 0.3 is 0 Å². The summed E-state index contributed by atoms with van der Waals surface area (Å²) in [7, 11) is 0. The summed E-state index contributed by atoms with van der Waals surface area (Å²) in [5, 5.41) is 0. The van der Waals surface area contributed by atoms with Gasteiger partial charge in [0, 0.05) is 6.20 Å². The zero-order valence-corrected chi connectivity index (χ0v) is 6.09. The molecular formula is C8H13N. The molecule has 9 heavy (non-hydrogen) atoms. The Morgan fingerprint density at radius 1 is 1.56 bits per heavy atom. The second-order valence-corrected chi connectivity index (χ2v) is 2.17. The summed E-state index contributed by atoms with van der Waals surface area (Å²) < 4.78 is 0. The van der Waals surface area contributed by atoms with Crippen molar-refractivity contribution in [3.63, 3.8) is 0 Å². The Labute approximate surface area is 56.8 Å². The third-order valence-corrected chi connectivity index (χ3v) is 1.14. The van der Waals surface area contributed by atoms with Crippen molar-refractivity contribution < 1.29 is 0 Å². The fraction of sp³-hybridized carbons (Fsp3) is 0.375. The molecule has 0 spiro atoms. The van der Waals surface area contributed by atoms with Crippen molar-refractivity contribution in [2.24, 2.45) is 10.9 Å². The van der Waals surface area contributed by atoms with E-state index in [0.29, 0.717) is 5.92 Å². The Balaban J connectivity index is 4.13. The normalized spacial score (nSPS) is 11.7. The highest BCUT2D eigenvalue weighted by Gasteiger charge is 1.94. The van der Waals surface area contributed by atoms with Crippen LogP contribution in [0.15, 0.2) is 29.4 Å². The topological polar surface area (TPSA) is 12.4 Å². The molecule has 50 valence electrons. The minimum Gasteiger partial charge on any atom is -0.272 e. The number of hydrogen-bond donors (Lipinski definition) is 0. The van der Waals surface area contributed by atoms with Crippen LogP contribution in [0, 0.1) is 5.92 Å². The first-order valence-electron chi connectivity index (χ1n) is 3.00. The molecule has 0 unspecified atom stereocenters. The van der Waals surface area contributed by atoms with Gasteiger partial charge in [0.05, 0.1) is 0 Å². The third kappa shape index (κ3) is 2.85. The first-order chi connectivity index (χ1) is 4.22. The van der Waals surface area contributed by atoms with Crippen LogP contribution in [0.3, 0.4) is 0 Å². The molecule has 0 aliphatic carbocycles. The van der Waals surface area contributed by atoms with Gasteiger partial charge < -0.3 is 0 Å². The van der Waals surface area contributed by atoms with Crippen molar-refractivity contribution in [2.75, 3.05) is 0 Å². The summed E-state index contributed by atoms with van der Waals surface area (Å²) in [6.45, 7) is 11.2. The van der Waals surface area contributed by atoms with Gasteiger partial charge in [0.1, 0.15) is 0 Å². The lowest BCUT2D eigenvalue weighted by Gasteiger charge is -2.01. The molecule has 0 heterocycles. The van der Waals surface area contributed by atoms with E-state index in [4.69, 9.17) is 0 Å². The van der Waals surface area contributed by atoms with Gasteiger partial charge in [-0.05, 0) is 18.2 Å². The molecule has 1 heteroatoms. The van der Waals surface area contributed by atoms with Gasteiger partial charge in [0.25, 0.3) is 0 Å². The summed E-state index contributed by atoms with van der Waals surface area (Å²) in [5.74, 6) is 0.494. The van der Waals surface area contributed by atoms with E-state index in [1.54, 1.807) is 12.3 Å². The van der Waals surface area contributed by atoms with Gasteiger partial charge in [-0.25, -0.2) is 0 Å². The highest BCUT2D eigenvalue weighted by Crippen LogP contribution is 2.09. The van der Waals surface area contributed by atoms with Crippen LogP contribution >= 0.6 is 0 Å². The molecule has 0 aromatic carbocycles. The molecule has 0 fully saturated rings. The second kappa shape index (κ2) is 4.07. The monoisotopic (exact) mass is 123 g/mol. The van der Waals surface area contributed by atoms with E-state index < -0.39 is 0 Å². The maximum absolute atomic E-state index is 3.64. The van der Waals surface area contributed by atoms with Crippen molar-refractivity contribution in [1.29, 1.82) is 0 Å². The Bertz CT molecular complexity index is 132. The first kappa shape index (κ1) is 8.15. The van der Waals surface area contributed by atoms with Crippen LogP contribution < -0.4 is 0 Å². The molecule has 0 atom stereocenters. The summed E-state index contributed by atoms with van der Waals surface area (Å²) >= 11 is 0. The first-order valence-corrected chi connectivity index (χ1v) is 3.00. The maximum atomic E-state index is 3.64. The summed E-state index contributed by atoms with van der Waals surface area (Å²) in [6.07, 6.45) is 3.54. The van der Waals surface area contributed by atoms with Crippen molar-refractivity contribution >= 4 is 6.72 Å². The smallest absolute Gasteiger partial charge is 0.0295 e. The third-order valence-electron chi connectivity index (χ3n) is 1.14. The molecule has 0 aromatic heterocycles. The molecule has 0 rings (SSSR count). The molecule has 0 aromatic rings. The largest absolute Gasteiger partial charge is 0.272 e. The lowest BCUT2D eigenvalue weighted by atomic mass is 10.1. The Morgan fingerprint density at radius 3 is 2.22 bits per heavy atom. The van der Waals surface area contributed by atoms with Crippen LogP contribution in [0.25, 0.3) is 0 Å². The fourth-order valence-corrected chi connectivity index (χ4v) is 0.543. The molecule has 0 N–H and O–H groups in total. The number of allylic oxidation sites excluding steroid dienone is 2. The molecule has 0 aliphatic rings. The van der Waals surface area contributed by atoms with Crippen LogP contribution in [-0.2, 0) is 0 Å². The Hall–Kier alpha value is -0.850. The Morgan fingerprint density at radius 2 is 2.11 bits per heavy atom. The van der Waals surface area contributed by atoms with E-state index in [2.05, 4.69) is 32.1 Å². The van der Waals surface area contributed by atoms with Crippen LogP contribution in [0.5, 0.6) is 0 Å². The van der Waals surface area contributed by atoms with Gasteiger partial charge in [0.15, 0.2) is 0 Å². The number of nitrogens with zero attached hydrogens (tertiary/aromatic N) is 1. The van der Waals surface area contributed by atoms with E-state index in [0.717, 1.165) is 5.57 Å². The summed E-state index contributed by atoms with van der Waals surface area (Å²) in [5.41, 5.74) is 1.13. The maximum Gasteiger partial charge on any atom is 0.0295 e. The van der Waals surface area contributed by atoms with Crippen LogP contribution in [0.1, 0.15) is 13.8 Å². The lowest BCUT2D eigenvalue weighted by molar-refractivity contribution is 0.789. The van der Waals surface area contributed by atoms with Crippen molar-refractivity contribution in [3.8, 4) is 0 Å². The predicted octanol–water partition coefficient (Wildman–Crippen LogP) is 2.41. The highest BCUT2D eigenvalue weighted by atomic mass is 14.6. The van der Waals surface area contributed by atoms with Gasteiger partial charge in [-0.1, -0.05) is 26.5 Å². The average Bonchev–Trinajstić information content (AvgIpc) is 1.82. The SMILES string of the molecule is C=C/C(=C\N=C)C(C)C. The second-order valence-electron chi connectivity index (χ2n) is 2.17. The number of hydrogen-bond acceptors (Lipinski definition) is 1. The average molecular weight is 123 g/mol. The van der Waals surface area contributed by atoms with Gasteiger partial charge in [0.2, 0.25) is 0 Å². The van der Waals surface area contributed by atoms with Crippen LogP contribution in [0.2, 0.25) is 0 Å². The summed E-state index contributed by atoms with van der Waals surface area (Å²) in [6, 6.07) is 0. The van der Waals surface area contributed by atoms with Gasteiger partial charge in [-0.15, -0.1) is 0 Å². The quantitative estimate of drug-likeness (QED) is 0.403. The fourth-order valence-electron chi connectivity index (χ4n) is 0.543. The Kier molecular flexibility index (Phi) is 3.69. The van der Waals surface area contributed by atoms with E-state index in [9.17, 15) is 0 Å². The van der Waals surface area contributed by atoms with Gasteiger partial charge in [-0.2, -0.15) is 0 Å². The van der Waals surface area contributed by atoms with Crippen LogP contribution in [0.4, 0.5) is 0 Å². The zero-order valence-electron chi connectivity index (χ0n) is 6.09. The van der Waals surface area contributed by atoms with Crippen molar-refractivity contribution in [2.45, 2.75) is 13.8 Å². The van der Waals surface area contributed by atoms with E-state index in [-0.39, 0.29) is 0 Å². The van der Waals surface area contributed by atoms with E-state index >= 15 is 0 Å². The summed E-state index contributed by atoms with van der Waals surface area (Å²) in [4.78, 5) is 3.64. The molecular weight excluding hydrogens is 110 g/mol.